The van der Waals surface area contributed by atoms with Crippen molar-refractivity contribution in [3.63, 3.8) is 0 Å². The number of benzene rings is 1. The fraction of sp³-hybridized carbons (Fsp3) is 0.100. The van der Waals surface area contributed by atoms with Crippen molar-refractivity contribution in [3.05, 3.63) is 36.0 Å². The van der Waals surface area contributed by atoms with Gasteiger partial charge in [-0.2, -0.15) is 0 Å². The van der Waals surface area contributed by atoms with Gasteiger partial charge in [-0.05, 0) is 5.56 Å². The van der Waals surface area contributed by atoms with E-state index in [-0.39, 0.29) is 0 Å². The number of rotatable bonds is 2. The van der Waals surface area contributed by atoms with E-state index in [1.807, 2.05) is 30.3 Å². The normalized spacial score (nSPS) is 10.4. The standard InChI is InChI=1S/C10H9ClN2S/c11-6-8-9(14-10(12)13-8)7-4-2-1-3-5-7/h1-5H,6H2,(H2,12,13). The highest BCUT2D eigenvalue weighted by Crippen LogP contribution is 2.32. The van der Waals surface area contributed by atoms with Crippen molar-refractivity contribution in [2.24, 2.45) is 0 Å². The smallest absolute Gasteiger partial charge is 0.180 e. The number of hydrogen-bond acceptors (Lipinski definition) is 3. The van der Waals surface area contributed by atoms with E-state index in [9.17, 15) is 0 Å². The number of halogens is 1. The molecule has 0 atom stereocenters. The summed E-state index contributed by atoms with van der Waals surface area (Å²) in [5.74, 6) is 0.401. The zero-order valence-electron chi connectivity index (χ0n) is 7.40. The molecule has 0 radical (unpaired) electrons. The van der Waals surface area contributed by atoms with E-state index >= 15 is 0 Å². The average molecular weight is 225 g/mol. The quantitative estimate of drug-likeness (QED) is 0.796. The highest BCUT2D eigenvalue weighted by molar-refractivity contribution is 7.18. The molecule has 0 aliphatic heterocycles. The monoisotopic (exact) mass is 224 g/mol. The third kappa shape index (κ3) is 1.74. The molecular weight excluding hydrogens is 216 g/mol. The molecule has 2 N–H and O–H groups in total. The highest BCUT2D eigenvalue weighted by Gasteiger charge is 2.09. The van der Waals surface area contributed by atoms with Gasteiger partial charge in [0.2, 0.25) is 0 Å². The van der Waals surface area contributed by atoms with Crippen LogP contribution in [-0.2, 0) is 5.88 Å². The molecule has 0 bridgehead atoms. The van der Waals surface area contributed by atoms with Crippen LogP contribution in [0.2, 0.25) is 0 Å². The molecule has 0 saturated heterocycles. The van der Waals surface area contributed by atoms with Crippen LogP contribution < -0.4 is 5.73 Å². The zero-order chi connectivity index (χ0) is 9.97. The van der Waals surface area contributed by atoms with Crippen LogP contribution in [0.4, 0.5) is 5.13 Å². The zero-order valence-corrected chi connectivity index (χ0v) is 8.98. The van der Waals surface area contributed by atoms with Crippen LogP contribution in [0.1, 0.15) is 5.69 Å². The van der Waals surface area contributed by atoms with Gasteiger partial charge in [0, 0.05) is 0 Å². The van der Waals surface area contributed by atoms with Gasteiger partial charge in [0.25, 0.3) is 0 Å². The lowest BCUT2D eigenvalue weighted by molar-refractivity contribution is 1.23. The molecule has 4 heteroatoms. The minimum Gasteiger partial charge on any atom is -0.375 e. The topological polar surface area (TPSA) is 38.9 Å². The minimum atomic E-state index is 0.401. The van der Waals surface area contributed by atoms with E-state index in [1.54, 1.807) is 0 Å². The highest BCUT2D eigenvalue weighted by atomic mass is 35.5. The average Bonchev–Trinajstić information content (AvgIpc) is 2.61. The number of nitrogen functional groups attached to an aromatic ring is 1. The van der Waals surface area contributed by atoms with E-state index in [0.717, 1.165) is 16.1 Å². The van der Waals surface area contributed by atoms with Crippen LogP contribution in [0.3, 0.4) is 0 Å². The number of alkyl halides is 1. The van der Waals surface area contributed by atoms with Gasteiger partial charge < -0.3 is 5.73 Å². The van der Waals surface area contributed by atoms with Gasteiger partial charge in [0.15, 0.2) is 5.13 Å². The molecule has 0 amide bonds. The lowest BCUT2D eigenvalue weighted by Gasteiger charge is -1.97. The molecule has 2 rings (SSSR count). The molecule has 1 aromatic carbocycles. The Morgan fingerprint density at radius 1 is 1.29 bits per heavy atom. The van der Waals surface area contributed by atoms with E-state index in [2.05, 4.69) is 4.98 Å². The summed E-state index contributed by atoms with van der Waals surface area (Å²) in [6.45, 7) is 0. The first kappa shape index (κ1) is 9.49. The fourth-order valence-corrected chi connectivity index (χ4v) is 2.40. The van der Waals surface area contributed by atoms with Crippen LogP contribution in [0.25, 0.3) is 10.4 Å². The summed E-state index contributed by atoms with van der Waals surface area (Å²) in [5.41, 5.74) is 7.63. The number of nitrogens with two attached hydrogens (primary N) is 1. The van der Waals surface area contributed by atoms with Crippen molar-refractivity contribution in [3.8, 4) is 10.4 Å². The van der Waals surface area contributed by atoms with E-state index < -0.39 is 0 Å². The van der Waals surface area contributed by atoms with Gasteiger partial charge in [0.1, 0.15) is 0 Å². The molecular formula is C10H9ClN2S. The maximum Gasteiger partial charge on any atom is 0.180 e. The minimum absolute atomic E-state index is 0.401. The summed E-state index contributed by atoms with van der Waals surface area (Å²) in [5, 5.41) is 0.569. The summed E-state index contributed by atoms with van der Waals surface area (Å²) in [6, 6.07) is 10.0. The molecule has 2 aromatic rings. The second kappa shape index (κ2) is 3.98. The molecule has 0 saturated carbocycles. The third-order valence-electron chi connectivity index (χ3n) is 1.88. The first-order valence-electron chi connectivity index (χ1n) is 4.18. The van der Waals surface area contributed by atoms with Crippen molar-refractivity contribution >= 4 is 28.1 Å². The number of aromatic nitrogens is 1. The molecule has 14 heavy (non-hydrogen) atoms. The molecule has 0 fully saturated rings. The lowest BCUT2D eigenvalue weighted by atomic mass is 10.2. The first-order valence-corrected chi connectivity index (χ1v) is 5.53. The van der Waals surface area contributed by atoms with Gasteiger partial charge in [-0.3, -0.25) is 0 Å². The molecule has 1 aromatic heterocycles. The first-order chi connectivity index (χ1) is 6.81. The number of anilines is 1. The summed E-state index contributed by atoms with van der Waals surface area (Å²) in [7, 11) is 0. The molecule has 0 spiro atoms. The Morgan fingerprint density at radius 2 is 2.00 bits per heavy atom. The van der Waals surface area contributed by atoms with E-state index in [0.29, 0.717) is 11.0 Å². The van der Waals surface area contributed by atoms with Crippen molar-refractivity contribution in [1.29, 1.82) is 0 Å². The van der Waals surface area contributed by atoms with Gasteiger partial charge >= 0.3 is 0 Å². The molecule has 0 aliphatic rings. The van der Waals surface area contributed by atoms with Crippen LogP contribution in [-0.4, -0.2) is 4.98 Å². The number of hydrogen-bond donors (Lipinski definition) is 1. The molecule has 2 nitrogen and oxygen atoms in total. The van der Waals surface area contributed by atoms with Gasteiger partial charge in [-0.25, -0.2) is 4.98 Å². The van der Waals surface area contributed by atoms with E-state index in [1.165, 1.54) is 11.3 Å². The van der Waals surface area contributed by atoms with Crippen LogP contribution in [0.5, 0.6) is 0 Å². The Labute approximate surface area is 91.4 Å². The van der Waals surface area contributed by atoms with Crippen molar-refractivity contribution in [1.82, 2.24) is 4.98 Å². The number of nitrogens with zero attached hydrogens (tertiary/aromatic N) is 1. The molecule has 0 aliphatic carbocycles. The number of thiazole rings is 1. The van der Waals surface area contributed by atoms with Crippen LogP contribution in [0, 0.1) is 0 Å². The molecule has 1 heterocycles. The second-order valence-corrected chi connectivity index (χ2v) is 4.13. The predicted molar refractivity (Wildman–Crippen MR) is 61.5 cm³/mol. The van der Waals surface area contributed by atoms with Gasteiger partial charge in [-0.1, -0.05) is 41.7 Å². The van der Waals surface area contributed by atoms with Gasteiger partial charge in [0.05, 0.1) is 16.5 Å². The Morgan fingerprint density at radius 3 is 2.64 bits per heavy atom. The SMILES string of the molecule is Nc1nc(CCl)c(-c2ccccc2)s1. The molecule has 0 unspecified atom stereocenters. The fourth-order valence-electron chi connectivity index (χ4n) is 1.28. The van der Waals surface area contributed by atoms with Crippen molar-refractivity contribution in [2.75, 3.05) is 5.73 Å². The maximum atomic E-state index is 5.78. The van der Waals surface area contributed by atoms with Crippen molar-refractivity contribution in [2.45, 2.75) is 5.88 Å². The predicted octanol–water partition coefficient (Wildman–Crippen LogP) is 3.13. The summed E-state index contributed by atoms with van der Waals surface area (Å²) < 4.78 is 0. The van der Waals surface area contributed by atoms with Crippen molar-refractivity contribution < 1.29 is 0 Å². The van der Waals surface area contributed by atoms with Gasteiger partial charge in [-0.15, -0.1) is 11.6 Å². The Balaban J connectivity index is 2.51. The summed E-state index contributed by atoms with van der Waals surface area (Å²) in [6.07, 6.45) is 0. The Kier molecular flexibility index (Phi) is 2.70. The Bertz CT molecular complexity index is 425. The van der Waals surface area contributed by atoms with E-state index in [4.69, 9.17) is 17.3 Å². The lowest BCUT2D eigenvalue weighted by Crippen LogP contribution is -1.84. The largest absolute Gasteiger partial charge is 0.375 e. The second-order valence-electron chi connectivity index (χ2n) is 2.83. The summed E-state index contributed by atoms with van der Waals surface area (Å²) in [4.78, 5) is 5.24. The van der Waals surface area contributed by atoms with Crippen LogP contribution in [0.15, 0.2) is 30.3 Å². The summed E-state index contributed by atoms with van der Waals surface area (Å²) >= 11 is 7.26. The van der Waals surface area contributed by atoms with Crippen LogP contribution >= 0.6 is 22.9 Å². The maximum absolute atomic E-state index is 5.78. The molecule has 72 valence electrons. The third-order valence-corrected chi connectivity index (χ3v) is 3.11. The Hall–Kier alpha value is -1.06.